The number of fused-ring (bicyclic) bond motifs is 2. The molecule has 5 aliphatic rings. The van der Waals surface area contributed by atoms with Crippen molar-refractivity contribution in [2.24, 2.45) is 0 Å². The molecular weight excluding hydrogens is 1340 g/mol. The first-order chi connectivity index (χ1) is 50.8. The highest BCUT2D eigenvalue weighted by atomic mass is 28.3. The van der Waals surface area contributed by atoms with Crippen LogP contribution in [0.1, 0.15) is 72.9 Å². The molecule has 0 radical (unpaired) electrons. The Morgan fingerprint density at radius 1 is 0.442 bits per heavy atom. The van der Waals surface area contributed by atoms with E-state index >= 15 is 9.59 Å². The molecule has 0 unspecified atom stereocenters. The summed E-state index contributed by atoms with van der Waals surface area (Å²) < 4.78 is 112. The van der Waals surface area contributed by atoms with Crippen molar-refractivity contribution in [2.75, 3.05) is 33.5 Å². The van der Waals surface area contributed by atoms with Gasteiger partial charge in [-0.1, -0.05) is 226 Å². The van der Waals surface area contributed by atoms with Gasteiger partial charge < -0.3 is 75.8 Å². The predicted octanol–water partition coefficient (Wildman–Crippen LogP) is 12.8. The number of nitrogens with zero attached hydrogens (tertiary/aromatic N) is 1. The second kappa shape index (κ2) is 35.7. The second-order valence-electron chi connectivity index (χ2n) is 27.7. The maximum absolute atomic E-state index is 15.2. The molecule has 5 aliphatic heterocycles. The summed E-state index contributed by atoms with van der Waals surface area (Å²) in [6.07, 6.45) is -17.5. The van der Waals surface area contributed by atoms with Gasteiger partial charge in [-0.3, -0.25) is 19.3 Å². The van der Waals surface area contributed by atoms with Gasteiger partial charge >= 0.3 is 5.97 Å². The number of carbonyl (C=O) groups is 3. The van der Waals surface area contributed by atoms with Crippen molar-refractivity contribution in [3.8, 4) is 5.75 Å². The minimum Gasteiger partial charge on any atom is -0.497 e. The van der Waals surface area contributed by atoms with Crippen LogP contribution in [0.3, 0.4) is 0 Å². The molecule has 0 bridgehead atoms. The van der Waals surface area contributed by atoms with Gasteiger partial charge in [0.25, 0.3) is 11.8 Å². The lowest BCUT2D eigenvalue weighted by Crippen LogP contribution is -2.71. The maximum atomic E-state index is 15.2. The molecule has 8 aromatic carbocycles. The van der Waals surface area contributed by atoms with E-state index in [1.807, 2.05) is 206 Å². The van der Waals surface area contributed by atoms with E-state index in [-0.39, 0.29) is 70.6 Å². The quantitative estimate of drug-likeness (QED) is 0.0219. The molecule has 20 nitrogen and oxygen atoms in total. The third-order valence-corrected chi connectivity index (χ3v) is 20.7. The van der Waals surface area contributed by atoms with Crippen LogP contribution in [0.25, 0.3) is 0 Å². The topological polar surface area (TPSA) is 202 Å². The average molecular weight is 1430 g/mol. The van der Waals surface area contributed by atoms with Crippen molar-refractivity contribution in [1.82, 2.24) is 4.90 Å². The molecule has 0 aliphatic carbocycles. The summed E-state index contributed by atoms with van der Waals surface area (Å²) in [5.41, 5.74) is 6.11. The second-order valence-corrected chi connectivity index (χ2v) is 33.3. The standard InChI is InChI=1S/C83H91NO19Si/c1-55(85)97-73-69(84-78(86)64-38-24-25-39-65(64)79(84)87)81(98-68-54-96-80(101-70(68)73)62-36-22-11-23-37-62)102-71-67(53-90-47-57-28-14-7-15-29-57)100-83(77(95-50-60-34-20-10-21-35-60)75(71)93-51-61-40-42-63(88-2)43-41-61)103-72-66(52-89-46-56-26-12-6-13-27-56)99-82(91-44-45-104(3,4)5)76(94-49-59-32-18-9-19-33-59)74(72)92-48-58-30-16-8-17-31-58/h6-43,66-77,80-83H,44-54H2,1-5H3/t66-,67-,68-,69-,70+,71+,72-,73-,74+,75+,76-,77-,80+,81+,82-,83+/m1/s1. The molecule has 104 heavy (non-hydrogen) atoms. The van der Waals surface area contributed by atoms with Gasteiger partial charge in [0.2, 0.25) is 0 Å². The van der Waals surface area contributed by atoms with E-state index in [9.17, 15) is 4.79 Å². The smallest absolute Gasteiger partial charge is 0.303 e. The van der Waals surface area contributed by atoms with E-state index in [1.165, 1.54) is 6.92 Å². The number of rotatable bonds is 32. The number of carbonyl (C=O) groups excluding carboxylic acids is 3. The van der Waals surface area contributed by atoms with Crippen LogP contribution < -0.4 is 4.74 Å². The molecule has 4 fully saturated rings. The van der Waals surface area contributed by atoms with Gasteiger partial charge in [0.1, 0.15) is 72.8 Å². The summed E-state index contributed by atoms with van der Waals surface area (Å²) >= 11 is 0. The summed E-state index contributed by atoms with van der Waals surface area (Å²) in [4.78, 5) is 45.3. The number of methoxy groups -OCH3 is 1. The summed E-state index contributed by atoms with van der Waals surface area (Å²) in [5.74, 6) is -1.43. The SMILES string of the molecule is COc1ccc(CO[C@H]2[C@@H](O[C@@H]3O[C@@H]4CO[C@H](c5ccccc5)O[C@@H]4[C@H](OC(C)=O)[C@H]3N3C(=O)c4ccccc4C3=O)[C@@H](COCc3ccccc3)O[C@@H](O[C@H]3[C@H](OCc4ccccc4)[C@@H](OCc4ccccc4)[C@H](OCC[Si](C)(C)C)O[C@@H]3COCc3ccccc3)[C@@H]2OCc2ccccc2)cc1. The van der Waals surface area contributed by atoms with E-state index < -0.39 is 124 Å². The highest BCUT2D eigenvalue weighted by Gasteiger charge is 2.61. The first-order valence-electron chi connectivity index (χ1n) is 35.6. The van der Waals surface area contributed by atoms with Crippen LogP contribution in [0.2, 0.25) is 25.7 Å². The molecule has 0 spiro atoms. The van der Waals surface area contributed by atoms with Gasteiger partial charge in [-0.15, -0.1) is 0 Å². The third-order valence-electron chi connectivity index (χ3n) is 18.9. The van der Waals surface area contributed by atoms with E-state index in [4.69, 9.17) is 75.8 Å². The zero-order chi connectivity index (χ0) is 71.8. The van der Waals surface area contributed by atoms with Crippen LogP contribution in [0.15, 0.2) is 231 Å². The minimum absolute atomic E-state index is 0.000677. The number of hydrogen-bond acceptors (Lipinski definition) is 19. The van der Waals surface area contributed by atoms with E-state index in [1.54, 1.807) is 31.4 Å². The Morgan fingerprint density at radius 2 is 0.856 bits per heavy atom. The number of imide groups is 1. The normalized spacial score (nSPS) is 26.9. The van der Waals surface area contributed by atoms with Gasteiger partial charge in [-0.05, 0) is 63.7 Å². The highest BCUT2D eigenvalue weighted by molar-refractivity contribution is 6.76. The predicted molar refractivity (Wildman–Crippen MR) is 385 cm³/mol. The van der Waals surface area contributed by atoms with Crippen molar-refractivity contribution in [3.05, 3.63) is 281 Å². The molecule has 0 N–H and O–H groups in total. The van der Waals surface area contributed by atoms with Gasteiger partial charge in [-0.2, -0.15) is 0 Å². The van der Waals surface area contributed by atoms with Crippen LogP contribution >= 0.6 is 0 Å². The monoisotopic (exact) mass is 1430 g/mol. The lowest BCUT2D eigenvalue weighted by atomic mass is 9.93. The maximum Gasteiger partial charge on any atom is 0.303 e. The number of amides is 2. The molecule has 0 saturated carbocycles. The number of esters is 1. The van der Waals surface area contributed by atoms with Crippen LogP contribution in [-0.2, 0) is 115 Å². The zero-order valence-corrected chi connectivity index (χ0v) is 60.2. The molecule has 4 saturated heterocycles. The molecule has 0 aromatic heterocycles. The Labute approximate surface area is 608 Å². The van der Waals surface area contributed by atoms with Crippen molar-refractivity contribution in [3.63, 3.8) is 0 Å². The molecule has 546 valence electrons. The molecule has 16 atom stereocenters. The van der Waals surface area contributed by atoms with Gasteiger partial charge in [0, 0.05) is 27.2 Å². The molecular formula is C83H91NO19Si. The first-order valence-corrected chi connectivity index (χ1v) is 39.3. The van der Waals surface area contributed by atoms with Crippen molar-refractivity contribution in [2.45, 2.75) is 171 Å². The molecule has 8 aromatic rings. The van der Waals surface area contributed by atoms with Crippen LogP contribution in [0, 0.1) is 0 Å². The Kier molecular flexibility index (Phi) is 25.5. The van der Waals surface area contributed by atoms with Gasteiger partial charge in [0.05, 0.1) is 77.7 Å². The van der Waals surface area contributed by atoms with Crippen molar-refractivity contribution in [1.29, 1.82) is 0 Å². The van der Waals surface area contributed by atoms with Crippen LogP contribution in [0.4, 0.5) is 0 Å². The number of hydrogen-bond donors (Lipinski definition) is 0. The summed E-state index contributed by atoms with van der Waals surface area (Å²) in [7, 11) is -0.0703. The fourth-order valence-corrected chi connectivity index (χ4v) is 14.3. The Hall–Kier alpha value is -8.17. The fraction of sp³-hybridized carbons (Fsp3) is 0.386. The lowest BCUT2D eigenvalue weighted by molar-refractivity contribution is -0.396. The lowest BCUT2D eigenvalue weighted by Gasteiger charge is -2.53. The first kappa shape index (κ1) is 74.1. The Morgan fingerprint density at radius 3 is 1.32 bits per heavy atom. The Bertz CT molecular complexity index is 3940. The molecule has 2 amide bonds. The van der Waals surface area contributed by atoms with Gasteiger partial charge in [-0.25, -0.2) is 0 Å². The summed E-state index contributed by atoms with van der Waals surface area (Å²) in [6, 6.07) is 71.6. The molecule has 13 rings (SSSR count). The zero-order valence-electron chi connectivity index (χ0n) is 59.2. The minimum atomic E-state index is -1.67. The van der Waals surface area contributed by atoms with E-state index in [2.05, 4.69) is 19.6 Å². The highest BCUT2D eigenvalue weighted by Crippen LogP contribution is 2.43. The summed E-state index contributed by atoms with van der Waals surface area (Å²) in [5, 5.41) is 0. The third kappa shape index (κ3) is 18.9. The van der Waals surface area contributed by atoms with Crippen molar-refractivity contribution < 1.29 is 90.2 Å². The summed E-state index contributed by atoms with van der Waals surface area (Å²) in [6.45, 7) is 8.86. The molecule has 5 heterocycles. The van der Waals surface area contributed by atoms with Crippen molar-refractivity contribution >= 4 is 25.9 Å². The number of benzene rings is 8. The van der Waals surface area contributed by atoms with Crippen LogP contribution in [-0.4, -0.2) is 156 Å². The van der Waals surface area contributed by atoms with E-state index in [0.29, 0.717) is 17.9 Å². The van der Waals surface area contributed by atoms with Gasteiger partial charge in [0.15, 0.2) is 31.3 Å². The number of ether oxygens (including phenoxy) is 16. The fourth-order valence-electron chi connectivity index (χ4n) is 13.6. The van der Waals surface area contributed by atoms with E-state index in [0.717, 1.165) is 44.3 Å². The largest absolute Gasteiger partial charge is 0.497 e. The van der Waals surface area contributed by atoms with Crippen LogP contribution in [0.5, 0.6) is 5.75 Å². The molecule has 21 heteroatoms. The average Bonchev–Trinajstić information content (AvgIpc) is 1.41. The Balaban J connectivity index is 0.950.